The molecule has 0 aromatic heterocycles. The number of hydrogen-bond acceptors (Lipinski definition) is 6. The quantitative estimate of drug-likeness (QED) is 0.544. The lowest BCUT2D eigenvalue weighted by Gasteiger charge is -2.45. The minimum atomic E-state index is -1.24. The Morgan fingerprint density at radius 3 is 2.32 bits per heavy atom. The van der Waals surface area contributed by atoms with Crippen molar-refractivity contribution in [3.63, 3.8) is 0 Å². The Morgan fingerprint density at radius 2 is 1.84 bits per heavy atom. The molecule has 1 saturated carbocycles. The van der Waals surface area contributed by atoms with Gasteiger partial charge in [0.15, 0.2) is 6.04 Å². The van der Waals surface area contributed by atoms with Crippen molar-refractivity contribution < 1.29 is 29.0 Å². The van der Waals surface area contributed by atoms with E-state index >= 15 is 0 Å². The molecule has 25 heavy (non-hydrogen) atoms. The molecule has 1 aliphatic carbocycles. The third-order valence-corrected chi connectivity index (χ3v) is 5.33. The highest BCUT2D eigenvalue weighted by molar-refractivity contribution is 5.89. The smallest absolute Gasteiger partial charge is 0.330 e. The minimum Gasteiger partial charge on any atom is -0.481 e. The van der Waals surface area contributed by atoms with Gasteiger partial charge < -0.3 is 25.6 Å². The first kappa shape index (κ1) is 21.4. The largest absolute Gasteiger partial charge is 0.481 e. The molecule has 1 fully saturated rings. The number of methoxy groups -OCH3 is 1. The molecule has 0 heterocycles. The summed E-state index contributed by atoms with van der Waals surface area (Å²) in [4.78, 5) is 34.6. The van der Waals surface area contributed by atoms with Gasteiger partial charge in [0.2, 0.25) is 5.91 Å². The van der Waals surface area contributed by atoms with Crippen LogP contribution >= 0.6 is 0 Å². The molecule has 0 bridgehead atoms. The molecule has 1 rings (SSSR count). The summed E-state index contributed by atoms with van der Waals surface area (Å²) < 4.78 is 10.8. The molecule has 4 N–H and O–H groups in total. The number of rotatable bonds is 8. The van der Waals surface area contributed by atoms with Crippen LogP contribution in [-0.4, -0.2) is 54.4 Å². The normalized spacial score (nSPS) is 28.7. The fraction of sp³-hybridized carbons (Fsp3) is 0.824. The average Bonchev–Trinajstić information content (AvgIpc) is 2.55. The molecule has 4 atom stereocenters. The summed E-state index contributed by atoms with van der Waals surface area (Å²) in [5.41, 5.74) is 5.13. The molecule has 2 unspecified atom stereocenters. The average molecular weight is 358 g/mol. The highest BCUT2D eigenvalue weighted by Gasteiger charge is 2.41. The Balaban J connectivity index is 2.74. The zero-order valence-corrected chi connectivity index (χ0v) is 15.4. The lowest BCUT2D eigenvalue weighted by molar-refractivity contribution is -0.157. The Kier molecular flexibility index (Phi) is 7.82. The number of esters is 1. The summed E-state index contributed by atoms with van der Waals surface area (Å²) in [5, 5.41) is 11.1. The number of carboxylic acid groups (broad SMARTS) is 1. The third-order valence-electron chi connectivity index (χ3n) is 5.33. The molecule has 1 amide bonds. The van der Waals surface area contributed by atoms with Crippen molar-refractivity contribution in [2.75, 3.05) is 13.7 Å². The van der Waals surface area contributed by atoms with Gasteiger partial charge in [-0.25, -0.2) is 4.79 Å². The van der Waals surface area contributed by atoms with Crippen molar-refractivity contribution in [3.05, 3.63) is 0 Å². The summed E-state index contributed by atoms with van der Waals surface area (Å²) in [7, 11) is 1.21. The lowest BCUT2D eigenvalue weighted by atomic mass is 9.71. The summed E-state index contributed by atoms with van der Waals surface area (Å²) in [6.07, 6.45) is 2.70. The van der Waals surface area contributed by atoms with E-state index in [1.807, 2.05) is 6.92 Å². The van der Waals surface area contributed by atoms with Crippen molar-refractivity contribution in [2.24, 2.45) is 17.6 Å². The highest BCUT2D eigenvalue weighted by atomic mass is 16.5. The second-order valence-corrected chi connectivity index (χ2v) is 7.02. The number of nitrogens with two attached hydrogens (primary N) is 1. The Bertz CT molecular complexity index is 486. The van der Waals surface area contributed by atoms with Crippen molar-refractivity contribution in [3.8, 4) is 0 Å². The number of carbonyl (C=O) groups excluding carboxylic acids is 2. The maximum atomic E-state index is 12.0. The summed E-state index contributed by atoms with van der Waals surface area (Å²) in [5.74, 6) is -1.93. The zero-order valence-electron chi connectivity index (χ0n) is 15.4. The van der Waals surface area contributed by atoms with Gasteiger partial charge >= 0.3 is 11.9 Å². The Hall–Kier alpha value is -1.67. The van der Waals surface area contributed by atoms with E-state index in [1.165, 1.54) is 7.11 Å². The van der Waals surface area contributed by atoms with Gasteiger partial charge in [-0.1, -0.05) is 20.3 Å². The fourth-order valence-electron chi connectivity index (χ4n) is 3.21. The molecular formula is C17H30N2O6. The van der Waals surface area contributed by atoms with E-state index in [2.05, 4.69) is 19.2 Å². The van der Waals surface area contributed by atoms with Crippen LogP contribution in [0.15, 0.2) is 0 Å². The van der Waals surface area contributed by atoms with Crippen LogP contribution in [-0.2, 0) is 23.9 Å². The van der Waals surface area contributed by atoms with Gasteiger partial charge in [0.1, 0.15) is 0 Å². The maximum absolute atomic E-state index is 12.0. The molecule has 144 valence electrons. The van der Waals surface area contributed by atoms with Crippen LogP contribution in [0.2, 0.25) is 0 Å². The van der Waals surface area contributed by atoms with Crippen LogP contribution in [0.5, 0.6) is 0 Å². The van der Waals surface area contributed by atoms with Crippen LogP contribution in [0.1, 0.15) is 46.5 Å². The molecule has 0 saturated heterocycles. The molecule has 8 nitrogen and oxygen atoms in total. The maximum Gasteiger partial charge on any atom is 0.330 e. The van der Waals surface area contributed by atoms with Gasteiger partial charge in [-0.05, 0) is 31.6 Å². The molecule has 0 radical (unpaired) electrons. The van der Waals surface area contributed by atoms with E-state index in [4.69, 9.17) is 20.3 Å². The Morgan fingerprint density at radius 1 is 1.28 bits per heavy atom. The monoisotopic (exact) mass is 358 g/mol. The first-order chi connectivity index (χ1) is 11.6. The molecule has 0 aliphatic heterocycles. The predicted molar refractivity (Wildman–Crippen MR) is 90.7 cm³/mol. The van der Waals surface area contributed by atoms with Crippen molar-refractivity contribution >= 4 is 17.8 Å². The van der Waals surface area contributed by atoms with Gasteiger partial charge in [-0.3, -0.25) is 9.59 Å². The number of hydrogen-bond donors (Lipinski definition) is 3. The highest BCUT2D eigenvalue weighted by Crippen LogP contribution is 2.40. The van der Waals surface area contributed by atoms with Crippen LogP contribution in [0.25, 0.3) is 0 Å². The second-order valence-electron chi connectivity index (χ2n) is 7.02. The van der Waals surface area contributed by atoms with E-state index in [9.17, 15) is 14.4 Å². The van der Waals surface area contributed by atoms with Crippen molar-refractivity contribution in [2.45, 2.75) is 64.1 Å². The van der Waals surface area contributed by atoms with E-state index in [0.29, 0.717) is 11.8 Å². The van der Waals surface area contributed by atoms with Gasteiger partial charge in [-0.15, -0.1) is 0 Å². The standard InChI is InChI=1S/C17H30N2O6/c1-10-6-5-7-11(2)17(10,3)25-9-13(16(23)24-4)19-15(22)12(18)8-14(20)21/h10-13H,5-9,18H2,1-4H3,(H,19,22)(H,20,21)/t10?,11?,12-,13-,17?/m0/s1. The molecule has 1 aliphatic rings. The number of carboxylic acids is 1. The van der Waals surface area contributed by atoms with Crippen LogP contribution < -0.4 is 11.1 Å². The molecule has 0 aromatic carbocycles. The van der Waals surface area contributed by atoms with Gasteiger partial charge in [0.05, 0.1) is 31.8 Å². The number of nitrogens with one attached hydrogen (secondary N) is 1. The van der Waals surface area contributed by atoms with Crippen molar-refractivity contribution in [1.82, 2.24) is 5.32 Å². The van der Waals surface area contributed by atoms with Crippen LogP contribution in [0.3, 0.4) is 0 Å². The first-order valence-corrected chi connectivity index (χ1v) is 8.61. The topological polar surface area (TPSA) is 128 Å². The zero-order chi connectivity index (χ0) is 19.2. The number of amides is 1. The van der Waals surface area contributed by atoms with E-state index < -0.39 is 42.0 Å². The second kappa shape index (κ2) is 9.15. The van der Waals surface area contributed by atoms with Crippen LogP contribution in [0.4, 0.5) is 0 Å². The molecule has 0 spiro atoms. The number of aliphatic carboxylic acids is 1. The summed E-state index contributed by atoms with van der Waals surface area (Å²) >= 11 is 0. The Labute approximate surface area is 148 Å². The lowest BCUT2D eigenvalue weighted by Crippen LogP contribution is -2.54. The van der Waals surface area contributed by atoms with Gasteiger partial charge in [-0.2, -0.15) is 0 Å². The van der Waals surface area contributed by atoms with Crippen LogP contribution in [0, 0.1) is 11.8 Å². The van der Waals surface area contributed by atoms with E-state index in [-0.39, 0.29) is 6.61 Å². The first-order valence-electron chi connectivity index (χ1n) is 8.61. The summed E-state index contributed by atoms with van der Waals surface area (Å²) in [6, 6.07) is -2.27. The van der Waals surface area contributed by atoms with Gasteiger partial charge in [0.25, 0.3) is 0 Å². The van der Waals surface area contributed by atoms with E-state index in [1.54, 1.807) is 0 Å². The number of ether oxygens (including phenoxy) is 2. The predicted octanol–water partition coefficient (Wildman–Crippen LogP) is 0.678. The molecular weight excluding hydrogens is 328 g/mol. The number of carbonyl (C=O) groups is 3. The SMILES string of the molecule is COC(=O)[C@H](COC1(C)C(C)CCCC1C)NC(=O)[C@@H](N)CC(=O)O. The molecule has 8 heteroatoms. The van der Waals surface area contributed by atoms with Gasteiger partial charge in [0, 0.05) is 0 Å². The van der Waals surface area contributed by atoms with E-state index in [0.717, 1.165) is 19.3 Å². The third kappa shape index (κ3) is 5.67. The fourth-order valence-corrected chi connectivity index (χ4v) is 3.21. The van der Waals surface area contributed by atoms with Crippen molar-refractivity contribution in [1.29, 1.82) is 0 Å². The molecule has 0 aromatic rings. The summed E-state index contributed by atoms with van der Waals surface area (Å²) in [6.45, 7) is 6.20. The minimum absolute atomic E-state index is 0.0522.